The van der Waals surface area contributed by atoms with Crippen LogP contribution in [0.15, 0.2) is 36.4 Å². The number of hydrogen-bond donors (Lipinski definition) is 1. The first kappa shape index (κ1) is 15.5. The first-order valence-electron chi connectivity index (χ1n) is 7.21. The fourth-order valence-corrected chi connectivity index (χ4v) is 3.49. The van der Waals surface area contributed by atoms with Crippen molar-refractivity contribution in [1.82, 2.24) is 0 Å². The second-order valence-corrected chi connectivity index (χ2v) is 5.68. The molecular formula is C16H14F2NO4-. The molecule has 1 saturated carbocycles. The van der Waals surface area contributed by atoms with Gasteiger partial charge in [0.25, 0.3) is 0 Å². The molecule has 1 fully saturated rings. The molecule has 1 aromatic carbocycles. The zero-order valence-electron chi connectivity index (χ0n) is 11.9. The van der Waals surface area contributed by atoms with E-state index in [1.54, 1.807) is 12.1 Å². The Morgan fingerprint density at radius 1 is 1.17 bits per heavy atom. The number of carboxylic acids is 1. The second-order valence-electron chi connectivity index (χ2n) is 5.68. The SMILES string of the molecule is O=C(Nc1ccccc1OC(F)F)[C@@H]1[C@@H](C(=O)[O-])[C@H]2C=C[C@@H]1C2. The van der Waals surface area contributed by atoms with Gasteiger partial charge in [0.1, 0.15) is 5.75 Å². The van der Waals surface area contributed by atoms with E-state index in [4.69, 9.17) is 0 Å². The third kappa shape index (κ3) is 2.91. The third-order valence-corrected chi connectivity index (χ3v) is 4.40. The summed E-state index contributed by atoms with van der Waals surface area (Å²) < 4.78 is 29.2. The normalized spacial score (nSPS) is 28.1. The first-order chi connectivity index (χ1) is 11.0. The van der Waals surface area contributed by atoms with Crippen LogP contribution in [0, 0.1) is 23.7 Å². The van der Waals surface area contributed by atoms with Crippen LogP contribution in [0.4, 0.5) is 14.5 Å². The molecule has 23 heavy (non-hydrogen) atoms. The van der Waals surface area contributed by atoms with E-state index in [1.807, 2.05) is 6.08 Å². The van der Waals surface area contributed by atoms with Gasteiger partial charge in [-0.05, 0) is 30.4 Å². The van der Waals surface area contributed by atoms with E-state index >= 15 is 0 Å². The van der Waals surface area contributed by atoms with E-state index in [2.05, 4.69) is 10.1 Å². The number of ether oxygens (including phenoxy) is 1. The molecule has 2 bridgehead atoms. The van der Waals surface area contributed by atoms with Crippen LogP contribution < -0.4 is 15.2 Å². The molecular weight excluding hydrogens is 308 g/mol. The van der Waals surface area contributed by atoms with Crippen LogP contribution in [-0.4, -0.2) is 18.5 Å². The smallest absolute Gasteiger partial charge is 0.387 e. The van der Waals surface area contributed by atoms with E-state index < -0.39 is 30.3 Å². The number of para-hydroxylation sites is 2. The van der Waals surface area contributed by atoms with Gasteiger partial charge in [-0.25, -0.2) is 0 Å². The molecule has 2 aliphatic carbocycles. The molecule has 0 aromatic heterocycles. The summed E-state index contributed by atoms with van der Waals surface area (Å²) in [6.45, 7) is -3.02. The van der Waals surface area contributed by atoms with Crippen molar-refractivity contribution in [3.05, 3.63) is 36.4 Å². The molecule has 4 atom stereocenters. The summed E-state index contributed by atoms with van der Waals surface area (Å²) in [5.74, 6) is -4.01. The minimum Gasteiger partial charge on any atom is -0.550 e. The van der Waals surface area contributed by atoms with Gasteiger partial charge < -0.3 is 20.0 Å². The molecule has 3 rings (SSSR count). The monoisotopic (exact) mass is 322 g/mol. The van der Waals surface area contributed by atoms with Crippen LogP contribution in [0.1, 0.15) is 6.42 Å². The van der Waals surface area contributed by atoms with Gasteiger partial charge in [0.15, 0.2) is 0 Å². The molecule has 2 aliphatic rings. The number of carbonyl (C=O) groups is 2. The highest BCUT2D eigenvalue weighted by Crippen LogP contribution is 2.48. The summed E-state index contributed by atoms with van der Waals surface area (Å²) >= 11 is 0. The predicted octanol–water partition coefficient (Wildman–Crippen LogP) is 1.41. The summed E-state index contributed by atoms with van der Waals surface area (Å²) in [4.78, 5) is 23.8. The molecule has 0 saturated heterocycles. The van der Waals surface area contributed by atoms with E-state index in [-0.39, 0.29) is 23.3 Å². The number of halogens is 2. The topological polar surface area (TPSA) is 78.5 Å². The highest BCUT2D eigenvalue weighted by atomic mass is 19.3. The lowest BCUT2D eigenvalue weighted by Gasteiger charge is -2.28. The number of aliphatic carboxylic acids is 1. The lowest BCUT2D eigenvalue weighted by Crippen LogP contribution is -2.42. The Hall–Kier alpha value is -2.44. The molecule has 1 aromatic rings. The van der Waals surface area contributed by atoms with Crippen molar-refractivity contribution in [2.24, 2.45) is 23.7 Å². The lowest BCUT2D eigenvalue weighted by molar-refractivity contribution is -0.313. The minimum absolute atomic E-state index is 0.0849. The van der Waals surface area contributed by atoms with Crippen LogP contribution in [0.5, 0.6) is 5.75 Å². The minimum atomic E-state index is -3.02. The summed E-state index contributed by atoms with van der Waals surface area (Å²) in [5, 5.41) is 13.8. The first-order valence-corrected chi connectivity index (χ1v) is 7.21. The van der Waals surface area contributed by atoms with Crippen LogP contribution in [0.2, 0.25) is 0 Å². The number of hydrogen-bond acceptors (Lipinski definition) is 4. The van der Waals surface area contributed by atoms with Crippen molar-refractivity contribution < 1.29 is 28.2 Å². The number of anilines is 1. The van der Waals surface area contributed by atoms with Crippen LogP contribution in [0.3, 0.4) is 0 Å². The highest BCUT2D eigenvalue weighted by Gasteiger charge is 2.48. The maximum Gasteiger partial charge on any atom is 0.387 e. The number of fused-ring (bicyclic) bond motifs is 2. The van der Waals surface area contributed by atoms with E-state index in [0.717, 1.165) is 0 Å². The van der Waals surface area contributed by atoms with Crippen molar-refractivity contribution in [3.63, 3.8) is 0 Å². The molecule has 0 heterocycles. The number of nitrogens with one attached hydrogen (secondary N) is 1. The Bertz CT molecular complexity index is 661. The van der Waals surface area contributed by atoms with E-state index in [0.29, 0.717) is 6.42 Å². The zero-order valence-corrected chi connectivity index (χ0v) is 11.9. The Morgan fingerprint density at radius 3 is 2.48 bits per heavy atom. The van der Waals surface area contributed by atoms with Crippen molar-refractivity contribution >= 4 is 17.6 Å². The fraction of sp³-hybridized carbons (Fsp3) is 0.375. The molecule has 7 heteroatoms. The van der Waals surface area contributed by atoms with Gasteiger partial charge in [-0.3, -0.25) is 4.79 Å². The second kappa shape index (κ2) is 5.98. The molecule has 1 amide bonds. The van der Waals surface area contributed by atoms with Gasteiger partial charge >= 0.3 is 6.61 Å². The largest absolute Gasteiger partial charge is 0.550 e. The number of benzene rings is 1. The Labute approximate surface area is 130 Å². The predicted molar refractivity (Wildman–Crippen MR) is 74.4 cm³/mol. The van der Waals surface area contributed by atoms with Gasteiger partial charge in [0.05, 0.1) is 11.6 Å². The number of amides is 1. The summed E-state index contributed by atoms with van der Waals surface area (Å²) in [6, 6.07) is 5.79. The average Bonchev–Trinajstić information content (AvgIpc) is 3.09. The van der Waals surface area contributed by atoms with E-state index in [1.165, 1.54) is 18.2 Å². The number of carbonyl (C=O) groups excluding carboxylic acids is 2. The van der Waals surface area contributed by atoms with Crippen LogP contribution in [0.25, 0.3) is 0 Å². The fourth-order valence-electron chi connectivity index (χ4n) is 3.49. The summed E-state index contributed by atoms with van der Waals surface area (Å²) in [6.07, 6.45) is 4.21. The number of carboxylic acid groups (broad SMARTS) is 1. The van der Waals surface area contributed by atoms with Gasteiger partial charge in [-0.1, -0.05) is 24.3 Å². The summed E-state index contributed by atoms with van der Waals surface area (Å²) in [7, 11) is 0. The molecule has 0 unspecified atom stereocenters. The zero-order chi connectivity index (χ0) is 16.6. The van der Waals surface area contributed by atoms with Gasteiger partial charge in [0.2, 0.25) is 5.91 Å². The van der Waals surface area contributed by atoms with Gasteiger partial charge in [-0.15, -0.1) is 0 Å². The third-order valence-electron chi connectivity index (χ3n) is 4.40. The highest BCUT2D eigenvalue weighted by molar-refractivity contribution is 5.97. The molecule has 0 spiro atoms. The maximum absolute atomic E-state index is 12.5. The Morgan fingerprint density at radius 2 is 1.83 bits per heavy atom. The van der Waals surface area contributed by atoms with Crippen molar-refractivity contribution in [2.45, 2.75) is 13.0 Å². The number of alkyl halides is 2. The molecule has 5 nitrogen and oxygen atoms in total. The van der Waals surface area contributed by atoms with E-state index in [9.17, 15) is 23.5 Å². The molecule has 122 valence electrons. The van der Waals surface area contributed by atoms with Crippen LogP contribution in [-0.2, 0) is 9.59 Å². The van der Waals surface area contributed by atoms with Crippen LogP contribution >= 0.6 is 0 Å². The Kier molecular flexibility index (Phi) is 4.02. The molecule has 1 N–H and O–H groups in total. The number of allylic oxidation sites excluding steroid dienone is 2. The van der Waals surface area contributed by atoms with Crippen molar-refractivity contribution in [3.8, 4) is 5.75 Å². The standard InChI is InChI=1S/C16H15F2NO4/c17-16(18)23-11-4-2-1-3-10(11)19-14(20)12-8-5-6-9(7-8)13(12)15(21)22/h1-6,8-9,12-13,16H,7H2,(H,19,20)(H,21,22)/p-1/t8-,9+,12+,13+/m1/s1. The summed E-state index contributed by atoms with van der Waals surface area (Å²) in [5.41, 5.74) is 0.0849. The maximum atomic E-state index is 12.5. The molecule has 0 radical (unpaired) electrons. The quantitative estimate of drug-likeness (QED) is 0.832. The Balaban J connectivity index is 1.80. The van der Waals surface area contributed by atoms with Crippen molar-refractivity contribution in [1.29, 1.82) is 0 Å². The molecule has 0 aliphatic heterocycles. The van der Waals surface area contributed by atoms with Crippen molar-refractivity contribution in [2.75, 3.05) is 5.32 Å². The van der Waals surface area contributed by atoms with Gasteiger partial charge in [0, 0.05) is 11.9 Å². The van der Waals surface area contributed by atoms with Gasteiger partial charge in [-0.2, -0.15) is 8.78 Å². The average molecular weight is 322 g/mol. The lowest BCUT2D eigenvalue weighted by atomic mass is 9.82. The number of rotatable bonds is 5.